The van der Waals surface area contributed by atoms with Crippen LogP contribution in [0.1, 0.15) is 10.4 Å². The third-order valence-electron chi connectivity index (χ3n) is 3.14. The molecular formula is C17H15BrCl2N2O3S. The van der Waals surface area contributed by atoms with Gasteiger partial charge < -0.3 is 14.8 Å². The predicted octanol–water partition coefficient (Wildman–Crippen LogP) is 4.91. The highest BCUT2D eigenvalue weighted by molar-refractivity contribution is 9.10. The largest absolute Gasteiger partial charge is 0.490 e. The van der Waals surface area contributed by atoms with E-state index < -0.39 is 0 Å². The quantitative estimate of drug-likeness (QED) is 0.457. The Morgan fingerprint density at radius 1 is 1.19 bits per heavy atom. The molecule has 0 saturated heterocycles. The highest BCUT2D eigenvalue weighted by atomic mass is 79.9. The van der Waals surface area contributed by atoms with Gasteiger partial charge in [0, 0.05) is 17.7 Å². The molecule has 9 heteroatoms. The fourth-order valence-corrected chi connectivity index (χ4v) is 2.95. The molecule has 2 aromatic carbocycles. The Morgan fingerprint density at radius 2 is 1.96 bits per heavy atom. The third kappa shape index (κ3) is 6.10. The van der Waals surface area contributed by atoms with E-state index in [-0.39, 0.29) is 11.0 Å². The van der Waals surface area contributed by atoms with E-state index in [0.29, 0.717) is 44.7 Å². The minimum absolute atomic E-state index is 0.107. The van der Waals surface area contributed by atoms with Crippen LogP contribution in [0.4, 0.5) is 5.69 Å². The molecule has 2 aromatic rings. The molecule has 2 rings (SSSR count). The van der Waals surface area contributed by atoms with E-state index >= 15 is 0 Å². The molecule has 2 N–H and O–H groups in total. The summed E-state index contributed by atoms with van der Waals surface area (Å²) in [6.07, 6.45) is 0. The Kier molecular flexibility index (Phi) is 8.12. The summed E-state index contributed by atoms with van der Waals surface area (Å²) in [6.45, 7) is 0.885. The van der Waals surface area contributed by atoms with Crippen LogP contribution in [-0.2, 0) is 4.74 Å². The molecule has 0 heterocycles. The number of carbonyl (C=O) groups is 1. The van der Waals surface area contributed by atoms with E-state index in [1.165, 1.54) is 0 Å². The van der Waals surface area contributed by atoms with Gasteiger partial charge in [-0.15, -0.1) is 0 Å². The van der Waals surface area contributed by atoms with Gasteiger partial charge in [0.15, 0.2) is 5.11 Å². The molecule has 0 aliphatic rings. The Bertz CT molecular complexity index is 821. The summed E-state index contributed by atoms with van der Waals surface area (Å²) in [5.74, 6) is 0.245. The molecule has 0 unspecified atom stereocenters. The zero-order valence-corrected chi connectivity index (χ0v) is 17.6. The highest BCUT2D eigenvalue weighted by Crippen LogP contribution is 2.27. The first kappa shape index (κ1) is 20.9. The van der Waals surface area contributed by atoms with Crippen molar-refractivity contribution in [3.05, 3.63) is 56.5 Å². The minimum atomic E-state index is -0.371. The van der Waals surface area contributed by atoms with E-state index in [0.717, 1.165) is 0 Å². The van der Waals surface area contributed by atoms with Gasteiger partial charge in [-0.25, -0.2) is 0 Å². The van der Waals surface area contributed by atoms with Crippen LogP contribution in [0.2, 0.25) is 10.0 Å². The van der Waals surface area contributed by atoms with Crippen molar-refractivity contribution < 1.29 is 14.3 Å². The van der Waals surface area contributed by atoms with Gasteiger partial charge in [0.2, 0.25) is 0 Å². The summed E-state index contributed by atoms with van der Waals surface area (Å²) >= 11 is 20.5. The van der Waals surface area contributed by atoms with Gasteiger partial charge in [0.1, 0.15) is 12.4 Å². The van der Waals surface area contributed by atoms with Crippen LogP contribution in [0.25, 0.3) is 0 Å². The molecule has 0 bridgehead atoms. The second-order valence-corrected chi connectivity index (χ2v) is 7.13. The van der Waals surface area contributed by atoms with Gasteiger partial charge >= 0.3 is 0 Å². The zero-order valence-electron chi connectivity index (χ0n) is 13.6. The third-order valence-corrected chi connectivity index (χ3v) is 4.53. The van der Waals surface area contributed by atoms with E-state index in [2.05, 4.69) is 26.6 Å². The van der Waals surface area contributed by atoms with E-state index in [1.54, 1.807) is 43.5 Å². The SMILES string of the molecule is COCCOc1ccc(C(=O)NC(=S)Nc2cc(Cl)ccc2Cl)cc1Br. The van der Waals surface area contributed by atoms with Crippen molar-refractivity contribution in [2.75, 3.05) is 25.6 Å². The Hall–Kier alpha value is -1.38. The molecule has 0 atom stereocenters. The van der Waals surface area contributed by atoms with Crippen LogP contribution in [0, 0.1) is 0 Å². The summed E-state index contributed by atoms with van der Waals surface area (Å²) in [5, 5.41) is 6.48. The fourth-order valence-electron chi connectivity index (χ4n) is 1.92. The number of hydrogen-bond acceptors (Lipinski definition) is 4. The summed E-state index contributed by atoms with van der Waals surface area (Å²) in [5.41, 5.74) is 0.921. The van der Waals surface area contributed by atoms with Gasteiger partial charge in [-0.1, -0.05) is 23.2 Å². The monoisotopic (exact) mass is 476 g/mol. The Morgan fingerprint density at radius 3 is 2.65 bits per heavy atom. The maximum absolute atomic E-state index is 12.3. The molecule has 138 valence electrons. The minimum Gasteiger partial charge on any atom is -0.490 e. The lowest BCUT2D eigenvalue weighted by atomic mass is 10.2. The lowest BCUT2D eigenvalue weighted by Crippen LogP contribution is -2.34. The van der Waals surface area contributed by atoms with Gasteiger partial charge in [0.25, 0.3) is 5.91 Å². The molecule has 0 saturated carbocycles. The first-order valence-electron chi connectivity index (χ1n) is 7.39. The van der Waals surface area contributed by atoms with Crippen molar-refractivity contribution in [1.82, 2.24) is 5.32 Å². The molecule has 0 fully saturated rings. The molecular weight excluding hydrogens is 463 g/mol. The number of hydrogen-bond donors (Lipinski definition) is 2. The molecule has 1 amide bonds. The van der Waals surface area contributed by atoms with Gasteiger partial charge in [-0.2, -0.15) is 0 Å². The summed E-state index contributed by atoms with van der Waals surface area (Å²) < 4.78 is 11.1. The van der Waals surface area contributed by atoms with E-state index in [9.17, 15) is 4.79 Å². The number of anilines is 1. The number of benzene rings is 2. The van der Waals surface area contributed by atoms with Crippen LogP contribution in [-0.4, -0.2) is 31.3 Å². The van der Waals surface area contributed by atoms with E-state index in [4.69, 9.17) is 44.9 Å². The molecule has 0 spiro atoms. The number of methoxy groups -OCH3 is 1. The second kappa shape index (κ2) is 10.1. The first-order chi connectivity index (χ1) is 12.4. The second-order valence-electron chi connectivity index (χ2n) is 5.02. The Labute approximate surface area is 175 Å². The van der Waals surface area contributed by atoms with Crippen molar-refractivity contribution in [3.8, 4) is 5.75 Å². The fraction of sp³-hybridized carbons (Fsp3) is 0.176. The Balaban J connectivity index is 1.99. The summed E-state index contributed by atoms with van der Waals surface area (Å²) in [4.78, 5) is 12.3. The summed E-state index contributed by atoms with van der Waals surface area (Å²) in [6, 6.07) is 9.88. The van der Waals surface area contributed by atoms with Gasteiger partial charge in [-0.3, -0.25) is 10.1 Å². The molecule has 0 aromatic heterocycles. The topological polar surface area (TPSA) is 59.6 Å². The van der Waals surface area contributed by atoms with Crippen molar-refractivity contribution in [2.45, 2.75) is 0 Å². The molecule has 0 radical (unpaired) electrons. The van der Waals surface area contributed by atoms with Crippen LogP contribution >= 0.6 is 51.3 Å². The van der Waals surface area contributed by atoms with Crippen LogP contribution in [0.15, 0.2) is 40.9 Å². The van der Waals surface area contributed by atoms with Gasteiger partial charge in [0.05, 0.1) is 21.8 Å². The normalized spacial score (nSPS) is 10.3. The standard InChI is InChI=1S/C17H15BrCl2N2O3S/c1-24-6-7-25-15-5-2-10(8-12(15)18)16(23)22-17(26)21-14-9-11(19)3-4-13(14)20/h2-5,8-9H,6-7H2,1H3,(H2,21,22,23,26). The average Bonchev–Trinajstić information content (AvgIpc) is 2.59. The summed E-state index contributed by atoms with van der Waals surface area (Å²) in [7, 11) is 1.60. The average molecular weight is 478 g/mol. The number of rotatable bonds is 6. The predicted molar refractivity (Wildman–Crippen MR) is 112 cm³/mol. The van der Waals surface area contributed by atoms with Gasteiger partial charge in [-0.05, 0) is 64.5 Å². The number of ether oxygens (including phenoxy) is 2. The molecule has 5 nitrogen and oxygen atoms in total. The molecule has 0 aliphatic heterocycles. The number of nitrogens with one attached hydrogen (secondary N) is 2. The van der Waals surface area contributed by atoms with E-state index in [1.807, 2.05) is 0 Å². The van der Waals surface area contributed by atoms with Crippen molar-refractivity contribution >= 4 is 68.1 Å². The number of carbonyl (C=O) groups excluding carboxylic acids is 1. The zero-order chi connectivity index (χ0) is 19.1. The maximum atomic E-state index is 12.3. The van der Waals surface area contributed by atoms with Crippen LogP contribution in [0.3, 0.4) is 0 Å². The lowest BCUT2D eigenvalue weighted by molar-refractivity contribution is 0.0977. The first-order valence-corrected chi connectivity index (χ1v) is 9.35. The number of amides is 1. The van der Waals surface area contributed by atoms with Crippen molar-refractivity contribution in [3.63, 3.8) is 0 Å². The van der Waals surface area contributed by atoms with Crippen molar-refractivity contribution in [2.24, 2.45) is 0 Å². The van der Waals surface area contributed by atoms with Crippen LogP contribution in [0.5, 0.6) is 5.75 Å². The lowest BCUT2D eigenvalue weighted by Gasteiger charge is -2.12. The van der Waals surface area contributed by atoms with Crippen molar-refractivity contribution in [1.29, 1.82) is 0 Å². The van der Waals surface area contributed by atoms with Crippen LogP contribution < -0.4 is 15.4 Å². The smallest absolute Gasteiger partial charge is 0.257 e. The number of halogens is 3. The molecule has 26 heavy (non-hydrogen) atoms. The maximum Gasteiger partial charge on any atom is 0.257 e. The highest BCUT2D eigenvalue weighted by Gasteiger charge is 2.12. The molecule has 0 aliphatic carbocycles. The number of thiocarbonyl (C=S) groups is 1.